The van der Waals surface area contributed by atoms with E-state index in [0.29, 0.717) is 11.6 Å². The number of esters is 1. The summed E-state index contributed by atoms with van der Waals surface area (Å²) in [5.41, 5.74) is 8.73. The fourth-order valence-corrected chi connectivity index (χ4v) is 2.96. The van der Waals surface area contributed by atoms with Crippen LogP contribution in [-0.4, -0.2) is 30.2 Å². The van der Waals surface area contributed by atoms with Crippen LogP contribution in [0.5, 0.6) is 0 Å². The van der Waals surface area contributed by atoms with Crippen LogP contribution in [0, 0.1) is 6.92 Å². The zero-order valence-corrected chi connectivity index (χ0v) is 13.4. The van der Waals surface area contributed by atoms with Gasteiger partial charge in [0.1, 0.15) is 11.0 Å². The fourth-order valence-electron chi connectivity index (χ4n) is 2.79. The average Bonchev–Trinajstić information content (AvgIpc) is 2.47. The molecule has 2 rings (SSSR count). The van der Waals surface area contributed by atoms with Gasteiger partial charge in [-0.3, -0.25) is 0 Å². The molecule has 0 spiro atoms. The molecule has 1 aliphatic heterocycles. The number of hydrogen-bond acceptors (Lipinski definition) is 4. The monoisotopic (exact) mass is 306 g/mol. The molecular formula is C16H22N2O2S. The SMILES string of the molecule is CCOC(=O)C1CCCCN1c1cc(C)ccc1C(N)=S. The summed E-state index contributed by atoms with van der Waals surface area (Å²) in [7, 11) is 0. The lowest BCUT2D eigenvalue weighted by molar-refractivity contribution is -0.145. The molecule has 0 radical (unpaired) electrons. The number of nitrogens with two attached hydrogens (primary N) is 1. The Morgan fingerprint density at radius 1 is 1.48 bits per heavy atom. The van der Waals surface area contributed by atoms with Crippen molar-refractivity contribution in [1.82, 2.24) is 0 Å². The third-order valence-corrected chi connectivity index (χ3v) is 4.01. The number of rotatable bonds is 4. The lowest BCUT2D eigenvalue weighted by Gasteiger charge is -2.37. The predicted molar refractivity (Wildman–Crippen MR) is 88.7 cm³/mol. The second-order valence-corrected chi connectivity index (χ2v) is 5.78. The first-order valence-corrected chi connectivity index (χ1v) is 7.79. The summed E-state index contributed by atoms with van der Waals surface area (Å²) >= 11 is 5.15. The van der Waals surface area contributed by atoms with Crippen LogP contribution < -0.4 is 10.6 Å². The Morgan fingerprint density at radius 3 is 2.90 bits per heavy atom. The van der Waals surface area contributed by atoms with Gasteiger partial charge >= 0.3 is 5.97 Å². The third-order valence-electron chi connectivity index (χ3n) is 3.79. The first kappa shape index (κ1) is 15.8. The smallest absolute Gasteiger partial charge is 0.328 e. The quantitative estimate of drug-likeness (QED) is 0.684. The number of aryl methyl sites for hydroxylation is 1. The zero-order valence-electron chi connectivity index (χ0n) is 12.6. The van der Waals surface area contributed by atoms with Crippen molar-refractivity contribution in [2.75, 3.05) is 18.1 Å². The van der Waals surface area contributed by atoms with Crippen LogP contribution in [0.1, 0.15) is 37.3 Å². The standard InChI is InChI=1S/C16H22N2O2S/c1-3-20-16(19)13-6-4-5-9-18(13)14-10-11(2)7-8-12(14)15(17)21/h7-8,10,13H,3-6,9H2,1-2H3,(H2,17,21). The van der Waals surface area contributed by atoms with E-state index in [1.165, 1.54) is 0 Å². The summed E-state index contributed by atoms with van der Waals surface area (Å²) < 4.78 is 5.22. The maximum Gasteiger partial charge on any atom is 0.328 e. The molecule has 114 valence electrons. The van der Waals surface area contributed by atoms with Gasteiger partial charge in [0.2, 0.25) is 0 Å². The molecule has 0 bridgehead atoms. The normalized spacial score (nSPS) is 18.4. The highest BCUT2D eigenvalue weighted by Gasteiger charge is 2.31. The van der Waals surface area contributed by atoms with Gasteiger partial charge in [-0.15, -0.1) is 0 Å². The van der Waals surface area contributed by atoms with Crippen molar-refractivity contribution in [3.63, 3.8) is 0 Å². The van der Waals surface area contributed by atoms with Gasteiger partial charge < -0.3 is 15.4 Å². The van der Waals surface area contributed by atoms with Gasteiger partial charge in [0.25, 0.3) is 0 Å². The molecule has 0 aliphatic carbocycles. The van der Waals surface area contributed by atoms with E-state index >= 15 is 0 Å². The summed E-state index contributed by atoms with van der Waals surface area (Å²) in [6.45, 7) is 5.08. The lowest BCUT2D eigenvalue weighted by atomic mass is 9.99. The van der Waals surface area contributed by atoms with E-state index in [-0.39, 0.29) is 12.0 Å². The highest BCUT2D eigenvalue weighted by molar-refractivity contribution is 7.80. The van der Waals surface area contributed by atoms with Crippen molar-refractivity contribution < 1.29 is 9.53 Å². The van der Waals surface area contributed by atoms with Crippen LogP contribution in [0.25, 0.3) is 0 Å². The zero-order chi connectivity index (χ0) is 15.4. The molecule has 21 heavy (non-hydrogen) atoms. The molecule has 1 aromatic carbocycles. The van der Waals surface area contributed by atoms with Crippen molar-refractivity contribution in [3.05, 3.63) is 29.3 Å². The maximum absolute atomic E-state index is 12.2. The summed E-state index contributed by atoms with van der Waals surface area (Å²) in [6, 6.07) is 5.73. The summed E-state index contributed by atoms with van der Waals surface area (Å²) in [6.07, 6.45) is 2.90. The summed E-state index contributed by atoms with van der Waals surface area (Å²) in [5, 5.41) is 0. The Kier molecular flexibility index (Phi) is 5.17. The number of carbonyl (C=O) groups is 1. The minimum Gasteiger partial charge on any atom is -0.464 e. The number of benzene rings is 1. The molecule has 1 unspecified atom stereocenters. The van der Waals surface area contributed by atoms with Crippen LogP contribution >= 0.6 is 12.2 Å². The molecular weight excluding hydrogens is 284 g/mol. The molecule has 5 heteroatoms. The van der Waals surface area contributed by atoms with Gasteiger partial charge in [0, 0.05) is 17.8 Å². The molecule has 0 amide bonds. The van der Waals surface area contributed by atoms with Crippen molar-refractivity contribution in [3.8, 4) is 0 Å². The second-order valence-electron chi connectivity index (χ2n) is 5.34. The van der Waals surface area contributed by atoms with Crippen LogP contribution in [0.3, 0.4) is 0 Å². The van der Waals surface area contributed by atoms with Crippen molar-refractivity contribution in [2.45, 2.75) is 39.2 Å². The van der Waals surface area contributed by atoms with Crippen LogP contribution in [0.2, 0.25) is 0 Å². The first-order valence-electron chi connectivity index (χ1n) is 7.38. The molecule has 1 heterocycles. The minimum atomic E-state index is -0.242. The fraction of sp³-hybridized carbons (Fsp3) is 0.500. The van der Waals surface area contributed by atoms with E-state index in [2.05, 4.69) is 4.90 Å². The van der Waals surface area contributed by atoms with Gasteiger partial charge in [-0.2, -0.15) is 0 Å². The highest BCUT2D eigenvalue weighted by atomic mass is 32.1. The van der Waals surface area contributed by atoms with Crippen molar-refractivity contribution >= 4 is 28.9 Å². The molecule has 1 atom stereocenters. The Morgan fingerprint density at radius 2 is 2.24 bits per heavy atom. The topological polar surface area (TPSA) is 55.6 Å². The van der Waals surface area contributed by atoms with E-state index in [9.17, 15) is 4.79 Å². The molecule has 2 N–H and O–H groups in total. The summed E-state index contributed by atoms with van der Waals surface area (Å²) in [5.74, 6) is -0.160. The first-order chi connectivity index (χ1) is 10.0. The molecule has 0 aromatic heterocycles. The Bertz CT molecular complexity index is 545. The Hall–Kier alpha value is -1.62. The number of piperidine rings is 1. The van der Waals surface area contributed by atoms with E-state index in [0.717, 1.165) is 42.6 Å². The predicted octanol–water partition coefficient (Wildman–Crippen LogP) is 2.55. The molecule has 4 nitrogen and oxygen atoms in total. The highest BCUT2D eigenvalue weighted by Crippen LogP contribution is 2.29. The number of carbonyl (C=O) groups excluding carboxylic acids is 1. The lowest BCUT2D eigenvalue weighted by Crippen LogP contribution is -2.46. The molecule has 1 fully saturated rings. The number of hydrogen-bond donors (Lipinski definition) is 1. The van der Waals surface area contributed by atoms with Crippen LogP contribution in [0.4, 0.5) is 5.69 Å². The third kappa shape index (κ3) is 3.53. The van der Waals surface area contributed by atoms with Crippen molar-refractivity contribution in [2.24, 2.45) is 5.73 Å². The largest absolute Gasteiger partial charge is 0.464 e. The van der Waals surface area contributed by atoms with E-state index in [1.54, 1.807) is 0 Å². The Labute approximate surface area is 131 Å². The Balaban J connectivity index is 2.39. The van der Waals surface area contributed by atoms with Crippen LogP contribution in [-0.2, 0) is 9.53 Å². The number of thiocarbonyl (C=S) groups is 1. The van der Waals surface area contributed by atoms with E-state index in [1.807, 2.05) is 32.0 Å². The number of ether oxygens (including phenoxy) is 1. The number of nitrogens with zero attached hydrogens (tertiary/aromatic N) is 1. The molecule has 1 aromatic rings. The number of anilines is 1. The van der Waals surface area contributed by atoms with Crippen molar-refractivity contribution in [1.29, 1.82) is 0 Å². The maximum atomic E-state index is 12.2. The van der Waals surface area contributed by atoms with Gasteiger partial charge in [0.05, 0.1) is 6.61 Å². The van der Waals surface area contributed by atoms with Gasteiger partial charge in [0.15, 0.2) is 0 Å². The molecule has 1 saturated heterocycles. The van der Waals surface area contributed by atoms with Gasteiger partial charge in [-0.25, -0.2) is 4.79 Å². The van der Waals surface area contributed by atoms with E-state index in [4.69, 9.17) is 22.7 Å². The van der Waals surface area contributed by atoms with E-state index < -0.39 is 0 Å². The summed E-state index contributed by atoms with van der Waals surface area (Å²) in [4.78, 5) is 14.7. The molecule has 1 aliphatic rings. The van der Waals surface area contributed by atoms with Crippen LogP contribution in [0.15, 0.2) is 18.2 Å². The second kappa shape index (κ2) is 6.89. The van der Waals surface area contributed by atoms with Gasteiger partial charge in [-0.1, -0.05) is 18.3 Å². The average molecular weight is 306 g/mol. The minimum absolute atomic E-state index is 0.160. The molecule has 0 saturated carbocycles. The van der Waals surface area contributed by atoms with Gasteiger partial charge in [-0.05, 0) is 50.8 Å².